The van der Waals surface area contributed by atoms with E-state index in [-0.39, 0.29) is 10.3 Å². The lowest BCUT2D eigenvalue weighted by Gasteiger charge is -2.39. The van der Waals surface area contributed by atoms with Gasteiger partial charge in [-0.3, -0.25) is 0 Å². The highest BCUT2D eigenvalue weighted by Crippen LogP contribution is 2.63. The monoisotopic (exact) mass is 737 g/mol. The SMILES string of the molecule is CCC1(CC)c2ccccc2-c2c1c1c(c3cc4c(cc23)OC(C(C)C)(C(C)C)S4)OC(c2ccc(OC)cc2)(c2ccc(N3CCOCC3)cc2)C=C1. The molecule has 1 atom stereocenters. The van der Waals surface area contributed by atoms with Crippen LogP contribution in [0.25, 0.3) is 28.0 Å². The van der Waals surface area contributed by atoms with Gasteiger partial charge in [0.1, 0.15) is 17.2 Å². The lowest BCUT2D eigenvalue weighted by molar-refractivity contribution is 0.0757. The molecule has 54 heavy (non-hydrogen) atoms. The Morgan fingerprint density at radius 2 is 1.46 bits per heavy atom. The number of thioether (sulfide) groups is 1. The first kappa shape index (κ1) is 35.3. The van der Waals surface area contributed by atoms with Crippen LogP contribution >= 0.6 is 11.8 Å². The summed E-state index contributed by atoms with van der Waals surface area (Å²) in [6.07, 6.45) is 6.67. The van der Waals surface area contributed by atoms with Gasteiger partial charge in [0.25, 0.3) is 0 Å². The number of hydrogen-bond acceptors (Lipinski definition) is 6. The molecule has 0 bridgehead atoms. The molecule has 4 aliphatic rings. The third kappa shape index (κ3) is 5.02. The van der Waals surface area contributed by atoms with Crippen molar-refractivity contribution in [1.82, 2.24) is 0 Å². The number of morpholine rings is 1. The van der Waals surface area contributed by atoms with Crippen LogP contribution in [0.3, 0.4) is 0 Å². The molecule has 3 aliphatic heterocycles. The normalized spacial score (nSPS) is 20.4. The maximum Gasteiger partial charge on any atom is 0.178 e. The van der Waals surface area contributed by atoms with Gasteiger partial charge in [-0.1, -0.05) is 108 Å². The fourth-order valence-corrected chi connectivity index (χ4v) is 11.2. The third-order valence-corrected chi connectivity index (χ3v) is 14.7. The molecule has 5 nitrogen and oxygen atoms in total. The fraction of sp³-hybridized carbons (Fsp3) is 0.375. The van der Waals surface area contributed by atoms with Gasteiger partial charge >= 0.3 is 0 Å². The predicted molar refractivity (Wildman–Crippen MR) is 223 cm³/mol. The van der Waals surface area contributed by atoms with Gasteiger partial charge in [0.2, 0.25) is 0 Å². The Hall–Kier alpha value is -4.39. The molecule has 278 valence electrons. The zero-order valence-electron chi connectivity index (χ0n) is 32.6. The van der Waals surface area contributed by atoms with E-state index in [1.54, 1.807) is 7.11 Å². The molecule has 0 spiro atoms. The first-order valence-corrected chi connectivity index (χ1v) is 20.6. The molecule has 5 aromatic rings. The minimum absolute atomic E-state index is 0.147. The maximum atomic E-state index is 7.77. The van der Waals surface area contributed by atoms with Gasteiger partial charge in [-0.25, -0.2) is 0 Å². The Balaban J connectivity index is 1.31. The van der Waals surface area contributed by atoms with Crippen molar-refractivity contribution in [3.05, 3.63) is 119 Å². The molecule has 5 aromatic carbocycles. The van der Waals surface area contributed by atoms with Gasteiger partial charge in [-0.15, -0.1) is 0 Å². The second-order valence-electron chi connectivity index (χ2n) is 16.0. The highest BCUT2D eigenvalue weighted by atomic mass is 32.2. The molecule has 0 radical (unpaired) electrons. The van der Waals surface area contributed by atoms with Crippen LogP contribution in [0.5, 0.6) is 17.2 Å². The largest absolute Gasteiger partial charge is 0.497 e. The molecule has 1 fully saturated rings. The van der Waals surface area contributed by atoms with Crippen LogP contribution in [0.1, 0.15) is 82.2 Å². The molecule has 3 heterocycles. The van der Waals surface area contributed by atoms with E-state index in [9.17, 15) is 0 Å². The van der Waals surface area contributed by atoms with Gasteiger partial charge in [-0.2, -0.15) is 0 Å². The quantitative estimate of drug-likeness (QED) is 0.158. The van der Waals surface area contributed by atoms with E-state index < -0.39 is 5.60 Å². The molecule has 0 N–H and O–H groups in total. The van der Waals surface area contributed by atoms with Crippen LogP contribution in [0.15, 0.2) is 95.9 Å². The first-order valence-electron chi connectivity index (χ1n) is 19.8. The van der Waals surface area contributed by atoms with Gasteiger partial charge in [0.15, 0.2) is 10.5 Å². The van der Waals surface area contributed by atoms with E-state index in [0.717, 1.165) is 72.9 Å². The summed E-state index contributed by atoms with van der Waals surface area (Å²) in [5.74, 6) is 3.39. The maximum absolute atomic E-state index is 7.77. The van der Waals surface area contributed by atoms with Crippen molar-refractivity contribution < 1.29 is 18.9 Å². The Labute approximate surface area is 324 Å². The molecule has 9 rings (SSSR count). The number of methoxy groups -OCH3 is 1. The van der Waals surface area contributed by atoms with E-state index in [1.165, 1.54) is 43.8 Å². The van der Waals surface area contributed by atoms with E-state index in [4.69, 9.17) is 18.9 Å². The Bertz CT molecular complexity index is 2260. The molecule has 0 amide bonds. The zero-order chi connectivity index (χ0) is 37.4. The van der Waals surface area contributed by atoms with E-state index >= 15 is 0 Å². The Kier molecular flexibility index (Phi) is 8.59. The zero-order valence-corrected chi connectivity index (χ0v) is 33.4. The van der Waals surface area contributed by atoms with E-state index in [0.29, 0.717) is 11.8 Å². The van der Waals surface area contributed by atoms with Gasteiger partial charge in [0.05, 0.1) is 25.2 Å². The van der Waals surface area contributed by atoms with Crippen LogP contribution in [-0.2, 0) is 15.8 Å². The molecular formula is C48H51NO4S. The first-order chi connectivity index (χ1) is 26.2. The Morgan fingerprint density at radius 1 is 0.796 bits per heavy atom. The summed E-state index contributed by atoms with van der Waals surface area (Å²) >= 11 is 1.88. The van der Waals surface area contributed by atoms with Crippen LogP contribution < -0.4 is 19.1 Å². The van der Waals surface area contributed by atoms with E-state index in [2.05, 4.69) is 131 Å². The summed E-state index contributed by atoms with van der Waals surface area (Å²) < 4.78 is 26.1. The summed E-state index contributed by atoms with van der Waals surface area (Å²) in [6.45, 7) is 17.1. The molecule has 0 aromatic heterocycles. The summed E-state index contributed by atoms with van der Waals surface area (Å²) in [4.78, 5) is 3.24. The van der Waals surface area contributed by atoms with Crippen molar-refractivity contribution in [2.45, 2.75) is 75.2 Å². The molecular weight excluding hydrogens is 687 g/mol. The fourth-order valence-electron chi connectivity index (χ4n) is 9.88. The predicted octanol–water partition coefficient (Wildman–Crippen LogP) is 11.6. The topological polar surface area (TPSA) is 40.2 Å². The number of benzene rings is 5. The highest BCUT2D eigenvalue weighted by Gasteiger charge is 2.49. The standard InChI is InChI=1S/C48H51NO4S/c1-8-46(9-2)40-13-11-10-12-36(40)43-38-28-41-42(54-48(52-41,30(3)4)31(5)6)29-39(38)45-37(44(43)46)22-23-47(53-45,33-16-20-35(50-7)21-17-33)32-14-18-34(19-15-32)49-24-26-51-27-25-49/h10-23,28-31H,8-9,24-27H2,1-7H3. The average Bonchev–Trinajstić information content (AvgIpc) is 3.75. The summed E-state index contributed by atoms with van der Waals surface area (Å²) in [7, 11) is 1.72. The van der Waals surface area contributed by atoms with Crippen molar-refractivity contribution in [3.63, 3.8) is 0 Å². The van der Waals surface area contributed by atoms with Gasteiger partial charge in [0, 0.05) is 58.1 Å². The second-order valence-corrected chi connectivity index (χ2v) is 17.2. The minimum Gasteiger partial charge on any atom is -0.497 e. The van der Waals surface area contributed by atoms with Crippen LogP contribution in [0.4, 0.5) is 5.69 Å². The van der Waals surface area contributed by atoms with Crippen molar-refractivity contribution in [1.29, 1.82) is 0 Å². The average molecular weight is 738 g/mol. The third-order valence-electron chi connectivity index (χ3n) is 12.8. The van der Waals surface area contributed by atoms with Crippen LogP contribution in [0, 0.1) is 11.8 Å². The summed E-state index contributed by atoms with van der Waals surface area (Å²) in [5.41, 5.74) is 8.94. The minimum atomic E-state index is -0.876. The molecule has 1 aliphatic carbocycles. The summed E-state index contributed by atoms with van der Waals surface area (Å²) in [5, 5.41) is 2.33. The van der Waals surface area contributed by atoms with Crippen molar-refractivity contribution in [3.8, 4) is 28.4 Å². The number of fused-ring (bicyclic) bond motifs is 9. The number of rotatable bonds is 8. The Morgan fingerprint density at radius 3 is 2.11 bits per heavy atom. The van der Waals surface area contributed by atoms with Gasteiger partial charge in [-0.05, 0) is 83.0 Å². The lowest BCUT2D eigenvalue weighted by atomic mass is 9.71. The smallest absolute Gasteiger partial charge is 0.178 e. The van der Waals surface area contributed by atoms with Crippen molar-refractivity contribution in [2.24, 2.45) is 11.8 Å². The highest BCUT2D eigenvalue weighted by molar-refractivity contribution is 8.01. The number of anilines is 1. The molecule has 1 saturated heterocycles. The summed E-state index contributed by atoms with van der Waals surface area (Å²) in [6, 6.07) is 31.2. The number of nitrogens with zero attached hydrogens (tertiary/aromatic N) is 1. The number of ether oxygens (including phenoxy) is 4. The second kappa shape index (κ2) is 13.1. The number of hydrogen-bond donors (Lipinski definition) is 0. The van der Waals surface area contributed by atoms with Crippen LogP contribution in [-0.4, -0.2) is 38.3 Å². The van der Waals surface area contributed by atoms with Crippen LogP contribution in [0.2, 0.25) is 0 Å². The molecule has 1 unspecified atom stereocenters. The van der Waals surface area contributed by atoms with Crippen molar-refractivity contribution >= 4 is 34.3 Å². The van der Waals surface area contributed by atoms with Crippen molar-refractivity contribution in [2.75, 3.05) is 38.3 Å². The van der Waals surface area contributed by atoms with E-state index in [1.807, 2.05) is 23.9 Å². The van der Waals surface area contributed by atoms with Gasteiger partial charge < -0.3 is 23.8 Å². The lowest BCUT2D eigenvalue weighted by Crippen LogP contribution is -2.40. The molecule has 0 saturated carbocycles. The molecule has 6 heteroatoms.